The van der Waals surface area contributed by atoms with Crippen LogP contribution < -0.4 is 0 Å². The van der Waals surface area contributed by atoms with Crippen LogP contribution in [0.3, 0.4) is 0 Å². The van der Waals surface area contributed by atoms with Crippen molar-refractivity contribution >= 4 is 6.29 Å². The van der Waals surface area contributed by atoms with Crippen LogP contribution in [0.5, 0.6) is 0 Å². The van der Waals surface area contributed by atoms with Gasteiger partial charge in [0.2, 0.25) is 6.29 Å². The highest BCUT2D eigenvalue weighted by Crippen LogP contribution is 2.31. The Morgan fingerprint density at radius 3 is 2.31 bits per heavy atom. The molecule has 0 aliphatic heterocycles. The second-order valence-corrected chi connectivity index (χ2v) is 2.29. The molecule has 0 heterocycles. The number of benzene rings is 1. The van der Waals surface area contributed by atoms with Crippen LogP contribution in [0.2, 0.25) is 0 Å². The first-order valence-corrected chi connectivity index (χ1v) is 3.20. The lowest BCUT2D eigenvalue weighted by atomic mass is 10.1. The summed E-state index contributed by atoms with van der Waals surface area (Å²) in [6.45, 7) is 0. The summed E-state index contributed by atoms with van der Waals surface area (Å²) in [6, 6.07) is 1.65. The van der Waals surface area contributed by atoms with Crippen LogP contribution in [0.15, 0.2) is 18.2 Å². The molecule has 0 spiro atoms. The van der Waals surface area contributed by atoms with Gasteiger partial charge < -0.3 is 0 Å². The zero-order valence-corrected chi connectivity index (χ0v) is 6.15. The van der Waals surface area contributed by atoms with E-state index in [9.17, 15) is 22.4 Å². The van der Waals surface area contributed by atoms with Gasteiger partial charge in [0.1, 0.15) is 5.82 Å². The van der Waals surface area contributed by atoms with E-state index in [1.54, 1.807) is 0 Å². The SMILES string of the molecule is O=[C]c1cc(F)ccc1C(F)(F)F. The van der Waals surface area contributed by atoms with E-state index in [2.05, 4.69) is 0 Å². The van der Waals surface area contributed by atoms with Crippen molar-refractivity contribution in [2.75, 3.05) is 0 Å². The first kappa shape index (κ1) is 9.70. The minimum atomic E-state index is -4.65. The molecule has 1 radical (unpaired) electrons. The molecule has 0 bridgehead atoms. The number of rotatable bonds is 1. The minimum absolute atomic E-state index is 0.496. The third-order valence-corrected chi connectivity index (χ3v) is 1.40. The molecule has 1 nitrogen and oxygen atoms in total. The van der Waals surface area contributed by atoms with Gasteiger partial charge in [-0.05, 0) is 18.2 Å². The molecule has 0 unspecified atom stereocenters. The Morgan fingerprint density at radius 1 is 1.23 bits per heavy atom. The lowest BCUT2D eigenvalue weighted by Gasteiger charge is -2.07. The molecular formula is C8H3F4O. The summed E-state index contributed by atoms with van der Waals surface area (Å²) < 4.78 is 48.6. The zero-order chi connectivity index (χ0) is 10.1. The summed E-state index contributed by atoms with van der Waals surface area (Å²) in [5, 5.41) is 0. The maximum atomic E-state index is 12.4. The molecule has 0 saturated carbocycles. The molecule has 0 aromatic heterocycles. The molecule has 0 saturated heterocycles. The van der Waals surface area contributed by atoms with E-state index in [0.717, 1.165) is 6.29 Å². The van der Waals surface area contributed by atoms with Crippen LogP contribution in [-0.4, -0.2) is 6.29 Å². The first-order chi connectivity index (χ1) is 5.95. The van der Waals surface area contributed by atoms with E-state index >= 15 is 0 Å². The topological polar surface area (TPSA) is 17.1 Å². The largest absolute Gasteiger partial charge is 0.417 e. The van der Waals surface area contributed by atoms with E-state index < -0.39 is 23.1 Å². The number of hydrogen-bond donors (Lipinski definition) is 0. The van der Waals surface area contributed by atoms with Crippen molar-refractivity contribution in [3.05, 3.63) is 35.1 Å². The quantitative estimate of drug-likeness (QED) is 0.622. The number of alkyl halides is 3. The summed E-state index contributed by atoms with van der Waals surface area (Å²) in [5.74, 6) is -0.897. The third-order valence-electron chi connectivity index (χ3n) is 1.40. The molecule has 0 N–H and O–H groups in total. The van der Waals surface area contributed by atoms with E-state index in [1.165, 1.54) is 0 Å². The molecule has 0 atom stereocenters. The standard InChI is InChI=1S/C8H3F4O/c9-6-1-2-7(8(10,11)12)5(3-6)4-13/h1-3H. The van der Waals surface area contributed by atoms with Gasteiger partial charge in [0, 0.05) is 5.56 Å². The van der Waals surface area contributed by atoms with Crippen LogP contribution in [0.25, 0.3) is 0 Å². The summed E-state index contributed by atoms with van der Waals surface area (Å²) in [4.78, 5) is 10.0. The van der Waals surface area contributed by atoms with E-state index in [0.29, 0.717) is 18.2 Å². The molecule has 0 aliphatic rings. The lowest BCUT2D eigenvalue weighted by molar-refractivity contribution is -0.137. The molecule has 0 aliphatic carbocycles. The van der Waals surface area contributed by atoms with Crippen molar-refractivity contribution in [2.24, 2.45) is 0 Å². The summed E-state index contributed by atoms with van der Waals surface area (Å²) in [7, 11) is 0. The molecule has 5 heteroatoms. The van der Waals surface area contributed by atoms with Crippen molar-refractivity contribution in [1.29, 1.82) is 0 Å². The van der Waals surface area contributed by atoms with Crippen LogP contribution >= 0.6 is 0 Å². The number of halogens is 4. The van der Waals surface area contributed by atoms with Gasteiger partial charge in [-0.3, -0.25) is 4.79 Å². The van der Waals surface area contributed by atoms with E-state index in [1.807, 2.05) is 0 Å². The highest BCUT2D eigenvalue weighted by molar-refractivity contribution is 5.78. The summed E-state index contributed by atoms with van der Waals surface area (Å²) >= 11 is 0. The van der Waals surface area contributed by atoms with Crippen LogP contribution in [0, 0.1) is 5.82 Å². The van der Waals surface area contributed by atoms with Crippen molar-refractivity contribution in [1.82, 2.24) is 0 Å². The molecule has 13 heavy (non-hydrogen) atoms. The Balaban J connectivity index is 3.29. The minimum Gasteiger partial charge on any atom is -0.285 e. The molecule has 69 valence electrons. The first-order valence-electron chi connectivity index (χ1n) is 3.20. The monoisotopic (exact) mass is 191 g/mol. The Bertz CT molecular complexity index is 329. The Morgan fingerprint density at radius 2 is 1.85 bits per heavy atom. The fourth-order valence-electron chi connectivity index (χ4n) is 0.848. The molecular weight excluding hydrogens is 188 g/mol. The predicted molar refractivity (Wildman–Crippen MR) is 36.2 cm³/mol. The molecule has 0 fully saturated rings. The van der Waals surface area contributed by atoms with Crippen molar-refractivity contribution in [3.8, 4) is 0 Å². The van der Waals surface area contributed by atoms with Gasteiger partial charge in [-0.15, -0.1) is 0 Å². The van der Waals surface area contributed by atoms with Gasteiger partial charge in [-0.1, -0.05) is 0 Å². The van der Waals surface area contributed by atoms with Crippen molar-refractivity contribution < 1.29 is 22.4 Å². The second-order valence-electron chi connectivity index (χ2n) is 2.29. The number of hydrogen-bond acceptors (Lipinski definition) is 1. The third kappa shape index (κ3) is 2.05. The summed E-state index contributed by atoms with van der Waals surface area (Å²) in [5.41, 5.74) is -1.99. The fraction of sp³-hybridized carbons (Fsp3) is 0.125. The van der Waals surface area contributed by atoms with Crippen LogP contribution in [0.4, 0.5) is 17.6 Å². The average molecular weight is 191 g/mol. The highest BCUT2D eigenvalue weighted by Gasteiger charge is 2.33. The van der Waals surface area contributed by atoms with E-state index in [4.69, 9.17) is 0 Å². The van der Waals surface area contributed by atoms with Gasteiger partial charge >= 0.3 is 6.18 Å². The number of carbonyl (C=O) groups excluding carboxylic acids is 1. The van der Waals surface area contributed by atoms with Crippen molar-refractivity contribution in [2.45, 2.75) is 6.18 Å². The maximum absolute atomic E-state index is 12.4. The predicted octanol–water partition coefficient (Wildman–Crippen LogP) is 2.30. The zero-order valence-electron chi connectivity index (χ0n) is 6.15. The van der Waals surface area contributed by atoms with Gasteiger partial charge in [-0.25, -0.2) is 4.39 Å². The molecule has 1 aromatic carbocycles. The molecule has 1 aromatic rings. The Labute approximate surface area is 71.0 Å². The van der Waals surface area contributed by atoms with Gasteiger partial charge in [0.05, 0.1) is 5.56 Å². The fourth-order valence-corrected chi connectivity index (χ4v) is 0.848. The Kier molecular flexibility index (Phi) is 2.36. The van der Waals surface area contributed by atoms with Crippen LogP contribution in [-0.2, 0) is 11.0 Å². The average Bonchev–Trinajstić information content (AvgIpc) is 2.01. The van der Waals surface area contributed by atoms with Gasteiger partial charge in [-0.2, -0.15) is 13.2 Å². The lowest BCUT2D eigenvalue weighted by Crippen LogP contribution is -2.09. The summed E-state index contributed by atoms with van der Waals surface area (Å²) in [6.07, 6.45) is -3.62. The van der Waals surface area contributed by atoms with Crippen LogP contribution in [0.1, 0.15) is 11.1 Å². The molecule has 1 rings (SSSR count). The van der Waals surface area contributed by atoms with Crippen molar-refractivity contribution in [3.63, 3.8) is 0 Å². The smallest absolute Gasteiger partial charge is 0.285 e. The van der Waals surface area contributed by atoms with Gasteiger partial charge in [0.15, 0.2) is 0 Å². The second kappa shape index (κ2) is 3.16. The Hall–Kier alpha value is -1.39. The van der Waals surface area contributed by atoms with E-state index in [-0.39, 0.29) is 0 Å². The normalized spacial score (nSPS) is 11.4. The highest BCUT2D eigenvalue weighted by atomic mass is 19.4. The maximum Gasteiger partial charge on any atom is 0.417 e. The molecule has 0 amide bonds. The van der Waals surface area contributed by atoms with Gasteiger partial charge in [0.25, 0.3) is 0 Å².